The van der Waals surface area contributed by atoms with Crippen molar-refractivity contribution in [2.45, 2.75) is 12.1 Å². The van der Waals surface area contributed by atoms with Crippen molar-refractivity contribution < 1.29 is 14.3 Å². The molecule has 1 heterocycles. The Kier molecular flexibility index (Phi) is 8.12. The van der Waals surface area contributed by atoms with Gasteiger partial charge >= 0.3 is 0 Å². The van der Waals surface area contributed by atoms with Gasteiger partial charge < -0.3 is 14.8 Å². The zero-order chi connectivity index (χ0) is 21.3. The Bertz CT molecular complexity index is 961. The van der Waals surface area contributed by atoms with Gasteiger partial charge in [-0.25, -0.2) is 0 Å². The highest BCUT2D eigenvalue weighted by Gasteiger charge is 2.17. The highest BCUT2D eigenvalue weighted by atomic mass is 35.5. The molecule has 7 nitrogen and oxygen atoms in total. The van der Waals surface area contributed by atoms with E-state index in [0.717, 1.165) is 17.0 Å². The summed E-state index contributed by atoms with van der Waals surface area (Å²) >= 11 is 7.35. The number of nitrogens with zero attached hydrogens (tertiary/aromatic N) is 3. The molecule has 158 valence electrons. The second-order valence-corrected chi connectivity index (χ2v) is 7.59. The van der Waals surface area contributed by atoms with Crippen LogP contribution >= 0.6 is 23.4 Å². The molecule has 30 heavy (non-hydrogen) atoms. The van der Waals surface area contributed by atoms with Crippen molar-refractivity contribution in [3.05, 3.63) is 53.6 Å². The molecule has 0 aliphatic carbocycles. The third-order valence-corrected chi connectivity index (χ3v) is 5.28. The van der Waals surface area contributed by atoms with E-state index in [0.29, 0.717) is 35.8 Å². The van der Waals surface area contributed by atoms with Gasteiger partial charge in [0, 0.05) is 29.9 Å². The maximum atomic E-state index is 12.1. The molecular weight excluding hydrogens is 424 g/mol. The summed E-state index contributed by atoms with van der Waals surface area (Å²) in [6, 6.07) is 15.1. The Morgan fingerprint density at radius 2 is 1.87 bits per heavy atom. The van der Waals surface area contributed by atoms with Crippen molar-refractivity contribution in [2.24, 2.45) is 0 Å². The van der Waals surface area contributed by atoms with Crippen LogP contribution in [0.15, 0.2) is 53.7 Å². The number of ether oxygens (including phenoxy) is 2. The van der Waals surface area contributed by atoms with Crippen LogP contribution in [0.25, 0.3) is 17.1 Å². The van der Waals surface area contributed by atoms with Gasteiger partial charge in [0.25, 0.3) is 0 Å². The van der Waals surface area contributed by atoms with Crippen molar-refractivity contribution in [1.29, 1.82) is 0 Å². The maximum Gasteiger partial charge on any atom is 0.230 e. The quantitative estimate of drug-likeness (QED) is 0.376. The number of hydrogen-bond donors (Lipinski definition) is 1. The summed E-state index contributed by atoms with van der Waals surface area (Å²) in [5, 5.41) is 12.8. The molecule has 1 aromatic heterocycles. The number of nitrogens with one attached hydrogen (secondary N) is 1. The van der Waals surface area contributed by atoms with Gasteiger partial charge in [-0.1, -0.05) is 23.4 Å². The molecule has 0 radical (unpaired) electrons. The number of halogens is 1. The minimum Gasteiger partial charge on any atom is -0.494 e. The molecule has 2 aromatic carbocycles. The van der Waals surface area contributed by atoms with E-state index in [1.165, 1.54) is 11.8 Å². The second-order valence-electron chi connectivity index (χ2n) is 6.21. The van der Waals surface area contributed by atoms with Gasteiger partial charge in [0.2, 0.25) is 5.91 Å². The van der Waals surface area contributed by atoms with Crippen LogP contribution in [-0.2, 0) is 9.53 Å². The van der Waals surface area contributed by atoms with Crippen LogP contribution in [0.2, 0.25) is 5.02 Å². The fourth-order valence-corrected chi connectivity index (χ4v) is 3.62. The molecule has 0 spiro atoms. The lowest BCUT2D eigenvalue weighted by molar-refractivity contribution is -0.118. The van der Waals surface area contributed by atoms with E-state index in [9.17, 15) is 4.79 Å². The summed E-state index contributed by atoms with van der Waals surface area (Å²) in [5.74, 6) is 1.58. The number of rotatable bonds is 10. The molecule has 1 amide bonds. The molecule has 0 aliphatic heterocycles. The Morgan fingerprint density at radius 1 is 1.13 bits per heavy atom. The standard InChI is InChI=1S/C21H23ClN4O3S/c1-3-29-18-10-8-17(9-11-18)26-20(15-4-6-16(22)7-5-15)24-25-21(26)30-14-19(27)23-12-13-28-2/h4-11H,3,12-14H2,1-2H3,(H,23,27). The van der Waals surface area contributed by atoms with E-state index < -0.39 is 0 Å². The summed E-state index contributed by atoms with van der Waals surface area (Å²) in [6.07, 6.45) is 0. The van der Waals surface area contributed by atoms with Gasteiger partial charge in [-0.05, 0) is 55.5 Å². The zero-order valence-electron chi connectivity index (χ0n) is 16.8. The molecule has 0 fully saturated rings. The molecule has 1 N–H and O–H groups in total. The van der Waals surface area contributed by atoms with Crippen LogP contribution in [0, 0.1) is 0 Å². The predicted octanol–water partition coefficient (Wildman–Crippen LogP) is 3.84. The van der Waals surface area contributed by atoms with Gasteiger partial charge in [0.15, 0.2) is 11.0 Å². The topological polar surface area (TPSA) is 78.3 Å². The molecule has 0 unspecified atom stereocenters. The van der Waals surface area contributed by atoms with Crippen molar-refractivity contribution in [3.8, 4) is 22.8 Å². The Balaban J connectivity index is 1.88. The highest BCUT2D eigenvalue weighted by molar-refractivity contribution is 7.99. The highest BCUT2D eigenvalue weighted by Crippen LogP contribution is 2.29. The normalized spacial score (nSPS) is 10.8. The average molecular weight is 447 g/mol. The number of aromatic nitrogens is 3. The first-order valence-corrected chi connectivity index (χ1v) is 10.8. The molecule has 0 aliphatic rings. The lowest BCUT2D eigenvalue weighted by Gasteiger charge is -2.11. The number of thioether (sulfide) groups is 1. The number of amides is 1. The predicted molar refractivity (Wildman–Crippen MR) is 119 cm³/mol. The fourth-order valence-electron chi connectivity index (χ4n) is 2.71. The van der Waals surface area contributed by atoms with Crippen LogP contribution in [0.5, 0.6) is 5.75 Å². The number of carbonyl (C=O) groups excluding carboxylic acids is 1. The Labute approximate surface area is 184 Å². The summed E-state index contributed by atoms with van der Waals surface area (Å²) < 4.78 is 12.4. The molecule has 3 rings (SSSR count). The average Bonchev–Trinajstić information content (AvgIpc) is 3.18. The van der Waals surface area contributed by atoms with E-state index in [4.69, 9.17) is 21.1 Å². The summed E-state index contributed by atoms with van der Waals surface area (Å²) in [5.41, 5.74) is 1.74. The first-order chi connectivity index (χ1) is 14.6. The Hall–Kier alpha value is -2.55. The minimum atomic E-state index is -0.0914. The van der Waals surface area contributed by atoms with Crippen molar-refractivity contribution in [2.75, 3.05) is 32.6 Å². The number of methoxy groups -OCH3 is 1. The number of hydrogen-bond acceptors (Lipinski definition) is 6. The van der Waals surface area contributed by atoms with Crippen LogP contribution in [0.4, 0.5) is 0 Å². The van der Waals surface area contributed by atoms with Crippen LogP contribution < -0.4 is 10.1 Å². The Morgan fingerprint density at radius 3 is 2.53 bits per heavy atom. The first kappa shape index (κ1) is 22.1. The van der Waals surface area contributed by atoms with Crippen molar-refractivity contribution in [3.63, 3.8) is 0 Å². The van der Waals surface area contributed by atoms with Crippen molar-refractivity contribution in [1.82, 2.24) is 20.1 Å². The van der Waals surface area contributed by atoms with Crippen LogP contribution in [0.1, 0.15) is 6.92 Å². The fraction of sp³-hybridized carbons (Fsp3) is 0.286. The van der Waals surface area contributed by atoms with Crippen LogP contribution in [0.3, 0.4) is 0 Å². The lowest BCUT2D eigenvalue weighted by Crippen LogP contribution is -2.28. The largest absolute Gasteiger partial charge is 0.494 e. The third kappa shape index (κ3) is 5.75. The van der Waals surface area contributed by atoms with Gasteiger partial charge in [-0.15, -0.1) is 10.2 Å². The van der Waals surface area contributed by atoms with Gasteiger partial charge in [-0.3, -0.25) is 9.36 Å². The summed E-state index contributed by atoms with van der Waals surface area (Å²) in [4.78, 5) is 12.1. The van der Waals surface area contributed by atoms with E-state index in [-0.39, 0.29) is 11.7 Å². The number of carbonyl (C=O) groups is 1. The van der Waals surface area contributed by atoms with Crippen molar-refractivity contribution >= 4 is 29.3 Å². The van der Waals surface area contributed by atoms with E-state index in [2.05, 4.69) is 15.5 Å². The molecule has 0 saturated carbocycles. The van der Waals surface area contributed by atoms with Gasteiger partial charge in [0.1, 0.15) is 5.75 Å². The SMILES string of the molecule is CCOc1ccc(-n2c(SCC(=O)NCCOC)nnc2-c2ccc(Cl)cc2)cc1. The smallest absolute Gasteiger partial charge is 0.230 e. The van der Waals surface area contributed by atoms with Gasteiger partial charge in [0.05, 0.1) is 19.0 Å². The summed E-state index contributed by atoms with van der Waals surface area (Å²) in [6.45, 7) is 3.48. The molecule has 9 heteroatoms. The minimum absolute atomic E-state index is 0.0914. The summed E-state index contributed by atoms with van der Waals surface area (Å²) in [7, 11) is 1.60. The molecular formula is C21H23ClN4O3S. The monoisotopic (exact) mass is 446 g/mol. The second kappa shape index (κ2) is 11.0. The molecule has 0 atom stereocenters. The number of benzene rings is 2. The molecule has 0 bridgehead atoms. The van der Waals surface area contributed by atoms with E-state index >= 15 is 0 Å². The maximum absolute atomic E-state index is 12.1. The first-order valence-electron chi connectivity index (χ1n) is 9.45. The zero-order valence-corrected chi connectivity index (χ0v) is 18.4. The third-order valence-electron chi connectivity index (χ3n) is 4.10. The molecule has 3 aromatic rings. The molecule has 0 saturated heterocycles. The van der Waals surface area contributed by atoms with Crippen LogP contribution in [-0.4, -0.2) is 53.3 Å². The van der Waals surface area contributed by atoms with E-state index in [1.54, 1.807) is 7.11 Å². The van der Waals surface area contributed by atoms with E-state index in [1.807, 2.05) is 60.0 Å². The van der Waals surface area contributed by atoms with Gasteiger partial charge in [-0.2, -0.15) is 0 Å². The lowest BCUT2D eigenvalue weighted by atomic mass is 10.2.